The predicted molar refractivity (Wildman–Crippen MR) is 123 cm³/mol. The first-order valence-corrected chi connectivity index (χ1v) is 10.7. The molecule has 1 heterocycles. The summed E-state index contributed by atoms with van der Waals surface area (Å²) in [5.74, 6) is 0.751. The second-order valence-electron chi connectivity index (χ2n) is 7.61. The van der Waals surface area contributed by atoms with Crippen LogP contribution in [-0.4, -0.2) is 5.11 Å². The number of hydrogen-bond donors (Lipinski definition) is 1. The molecular weight excluding hydrogens is 436 g/mol. The van der Waals surface area contributed by atoms with Crippen molar-refractivity contribution in [2.75, 3.05) is 0 Å². The lowest BCUT2D eigenvalue weighted by Crippen LogP contribution is -2.27. The molecular formula is C27H17BrO2. The molecule has 4 aromatic carbocycles. The van der Waals surface area contributed by atoms with E-state index in [0.717, 1.165) is 54.6 Å². The van der Waals surface area contributed by atoms with Crippen LogP contribution in [0.2, 0.25) is 0 Å². The molecule has 0 bridgehead atoms. The number of fused-ring (bicyclic) bond motifs is 4. The molecule has 0 aliphatic heterocycles. The summed E-state index contributed by atoms with van der Waals surface area (Å²) in [6.45, 7) is 0. The summed E-state index contributed by atoms with van der Waals surface area (Å²) in [6.07, 6.45) is 0. The Balaban J connectivity index is 1.67. The van der Waals surface area contributed by atoms with Crippen molar-refractivity contribution >= 4 is 26.9 Å². The highest BCUT2D eigenvalue weighted by molar-refractivity contribution is 9.10. The van der Waals surface area contributed by atoms with Gasteiger partial charge in [0.05, 0.1) is 0 Å². The zero-order chi connectivity index (χ0) is 20.3. The second-order valence-corrected chi connectivity index (χ2v) is 8.47. The van der Waals surface area contributed by atoms with Gasteiger partial charge in [-0.1, -0.05) is 94.8 Å². The summed E-state index contributed by atoms with van der Waals surface area (Å²) in [5.41, 5.74) is 5.11. The number of halogens is 1. The van der Waals surface area contributed by atoms with Crippen molar-refractivity contribution < 1.29 is 9.52 Å². The fourth-order valence-electron chi connectivity index (χ4n) is 4.68. The van der Waals surface area contributed by atoms with E-state index in [0.29, 0.717) is 0 Å². The van der Waals surface area contributed by atoms with Crippen LogP contribution in [0.1, 0.15) is 16.7 Å². The zero-order valence-electron chi connectivity index (χ0n) is 16.0. The smallest absolute Gasteiger partial charge is 0.142 e. The molecule has 1 aromatic heterocycles. The van der Waals surface area contributed by atoms with Gasteiger partial charge in [0, 0.05) is 37.7 Å². The van der Waals surface area contributed by atoms with Crippen LogP contribution < -0.4 is 0 Å². The van der Waals surface area contributed by atoms with Crippen molar-refractivity contribution in [1.82, 2.24) is 0 Å². The number of aliphatic hydroxyl groups is 1. The molecule has 0 amide bonds. The van der Waals surface area contributed by atoms with E-state index in [9.17, 15) is 5.11 Å². The third-order valence-electron chi connectivity index (χ3n) is 6.00. The predicted octanol–water partition coefficient (Wildman–Crippen LogP) is 7.13. The molecule has 0 saturated heterocycles. The highest BCUT2D eigenvalue weighted by Crippen LogP contribution is 2.54. The lowest BCUT2D eigenvalue weighted by atomic mass is 9.81. The maximum absolute atomic E-state index is 12.3. The van der Waals surface area contributed by atoms with E-state index in [2.05, 4.69) is 22.0 Å². The second kappa shape index (κ2) is 6.43. The van der Waals surface area contributed by atoms with Crippen LogP contribution in [0.5, 0.6) is 0 Å². The van der Waals surface area contributed by atoms with Crippen molar-refractivity contribution in [2.45, 2.75) is 5.60 Å². The Bertz CT molecular complexity index is 1400. The third-order valence-corrected chi connectivity index (χ3v) is 6.66. The molecule has 30 heavy (non-hydrogen) atoms. The molecule has 0 fully saturated rings. The number of para-hydroxylation sites is 1. The van der Waals surface area contributed by atoms with Crippen LogP contribution in [-0.2, 0) is 5.60 Å². The lowest BCUT2D eigenvalue weighted by molar-refractivity contribution is 0.131. The van der Waals surface area contributed by atoms with Gasteiger partial charge in [-0.3, -0.25) is 0 Å². The summed E-state index contributed by atoms with van der Waals surface area (Å²) >= 11 is 3.70. The Morgan fingerprint density at radius 3 is 2.10 bits per heavy atom. The highest BCUT2D eigenvalue weighted by atomic mass is 79.9. The summed E-state index contributed by atoms with van der Waals surface area (Å²) in [6, 6.07) is 32.1. The van der Waals surface area contributed by atoms with Crippen LogP contribution in [0, 0.1) is 0 Å². The van der Waals surface area contributed by atoms with Crippen LogP contribution in [0.3, 0.4) is 0 Å². The fourth-order valence-corrected chi connectivity index (χ4v) is 5.26. The molecule has 3 heteroatoms. The van der Waals surface area contributed by atoms with Gasteiger partial charge in [0.2, 0.25) is 0 Å². The molecule has 1 unspecified atom stereocenters. The minimum Gasteiger partial charge on any atom is -0.456 e. The van der Waals surface area contributed by atoms with Crippen molar-refractivity contribution in [1.29, 1.82) is 0 Å². The van der Waals surface area contributed by atoms with Crippen LogP contribution in [0.25, 0.3) is 33.4 Å². The molecule has 0 radical (unpaired) electrons. The first-order chi connectivity index (χ1) is 14.7. The van der Waals surface area contributed by atoms with Gasteiger partial charge in [-0.15, -0.1) is 0 Å². The van der Waals surface area contributed by atoms with E-state index < -0.39 is 5.60 Å². The topological polar surface area (TPSA) is 33.4 Å². The molecule has 2 nitrogen and oxygen atoms in total. The Kier molecular flexibility index (Phi) is 3.79. The average Bonchev–Trinajstić information content (AvgIpc) is 3.33. The monoisotopic (exact) mass is 452 g/mol. The molecule has 0 spiro atoms. The van der Waals surface area contributed by atoms with Crippen LogP contribution >= 0.6 is 15.9 Å². The van der Waals surface area contributed by atoms with Gasteiger partial charge in [0.25, 0.3) is 0 Å². The summed E-state index contributed by atoms with van der Waals surface area (Å²) in [7, 11) is 0. The van der Waals surface area contributed by atoms with Gasteiger partial charge in [0.1, 0.15) is 16.9 Å². The molecule has 1 atom stereocenters. The highest BCUT2D eigenvalue weighted by Gasteiger charge is 2.45. The van der Waals surface area contributed by atoms with Gasteiger partial charge in [0.15, 0.2) is 0 Å². The van der Waals surface area contributed by atoms with Crippen molar-refractivity contribution in [3.8, 4) is 22.5 Å². The quantitative estimate of drug-likeness (QED) is 0.309. The third kappa shape index (κ3) is 2.33. The summed E-state index contributed by atoms with van der Waals surface area (Å²) < 4.78 is 7.16. The van der Waals surface area contributed by atoms with Crippen LogP contribution in [0.4, 0.5) is 0 Å². The molecule has 144 valence electrons. The first-order valence-electron chi connectivity index (χ1n) is 9.87. The Labute approximate surface area is 182 Å². The number of hydrogen-bond acceptors (Lipinski definition) is 2. The average molecular weight is 453 g/mol. The minimum absolute atomic E-state index is 0.751. The molecule has 5 aromatic rings. The molecule has 6 rings (SSSR count). The Hall–Kier alpha value is -3.14. The molecule has 0 saturated carbocycles. The number of furan rings is 1. The summed E-state index contributed by atoms with van der Waals surface area (Å²) in [5, 5.41) is 13.4. The maximum atomic E-state index is 12.3. The van der Waals surface area contributed by atoms with Crippen LogP contribution in [0.15, 0.2) is 106 Å². The van der Waals surface area contributed by atoms with Crippen molar-refractivity contribution in [3.63, 3.8) is 0 Å². The SMILES string of the molecule is OC1(c2ccccc2-c2cc3ccccc3o2)c2ccccc2-c2c(Br)cccc21. The molecule has 1 N–H and O–H groups in total. The van der Waals surface area contributed by atoms with E-state index in [1.54, 1.807) is 0 Å². The molecule has 1 aliphatic rings. The number of rotatable bonds is 2. The molecule has 1 aliphatic carbocycles. The van der Waals surface area contributed by atoms with E-state index >= 15 is 0 Å². The largest absolute Gasteiger partial charge is 0.456 e. The lowest BCUT2D eigenvalue weighted by Gasteiger charge is -2.28. The van der Waals surface area contributed by atoms with Gasteiger partial charge >= 0.3 is 0 Å². The normalized spacial score (nSPS) is 17.1. The Morgan fingerprint density at radius 2 is 1.30 bits per heavy atom. The maximum Gasteiger partial charge on any atom is 0.142 e. The standard InChI is InChI=1S/C27H17BrO2/c28-23-14-7-13-22-26(23)19-10-3-5-12-21(19)27(22,29)20-11-4-2-9-18(20)25-16-17-8-1-6-15-24(17)30-25/h1-16,29H. The van der Waals surface area contributed by atoms with E-state index in [4.69, 9.17) is 4.42 Å². The van der Waals surface area contributed by atoms with Crippen molar-refractivity contribution in [3.05, 3.63) is 118 Å². The Morgan fingerprint density at radius 1 is 0.667 bits per heavy atom. The van der Waals surface area contributed by atoms with E-state index in [1.165, 1.54) is 0 Å². The van der Waals surface area contributed by atoms with Gasteiger partial charge in [-0.05, 0) is 23.8 Å². The first kappa shape index (κ1) is 17.7. The zero-order valence-corrected chi connectivity index (χ0v) is 17.6. The minimum atomic E-state index is -1.27. The number of benzene rings is 4. The van der Waals surface area contributed by atoms with Gasteiger partial charge < -0.3 is 9.52 Å². The van der Waals surface area contributed by atoms with E-state index in [1.807, 2.05) is 91.0 Å². The van der Waals surface area contributed by atoms with Crippen molar-refractivity contribution in [2.24, 2.45) is 0 Å². The summed E-state index contributed by atoms with van der Waals surface area (Å²) in [4.78, 5) is 0. The van der Waals surface area contributed by atoms with Gasteiger partial charge in [-0.2, -0.15) is 0 Å². The van der Waals surface area contributed by atoms with E-state index in [-0.39, 0.29) is 0 Å². The fraction of sp³-hybridized carbons (Fsp3) is 0.0370. The van der Waals surface area contributed by atoms with Gasteiger partial charge in [-0.25, -0.2) is 0 Å².